The molecule has 0 saturated carbocycles. The highest BCUT2D eigenvalue weighted by atomic mass is 35.5. The minimum atomic E-state index is -0.790. The third-order valence-corrected chi connectivity index (χ3v) is 10.0. The van der Waals surface area contributed by atoms with Crippen molar-refractivity contribution in [3.05, 3.63) is 80.2 Å². The zero-order valence-corrected chi connectivity index (χ0v) is 29.2. The van der Waals surface area contributed by atoms with Crippen LogP contribution in [0, 0.1) is 36.5 Å². The van der Waals surface area contributed by atoms with E-state index in [1.165, 1.54) is 18.4 Å². The van der Waals surface area contributed by atoms with E-state index in [0.29, 0.717) is 61.0 Å². The van der Waals surface area contributed by atoms with E-state index in [9.17, 15) is 15.0 Å². The first kappa shape index (κ1) is 34.8. The maximum atomic E-state index is 13.8. The maximum Gasteiger partial charge on any atom is 0.339 e. The van der Waals surface area contributed by atoms with Crippen LogP contribution in [0.5, 0.6) is 0 Å². The summed E-state index contributed by atoms with van der Waals surface area (Å²) in [7, 11) is 1.35. The van der Waals surface area contributed by atoms with Gasteiger partial charge in [0.1, 0.15) is 22.7 Å². The smallest absolute Gasteiger partial charge is 0.339 e. The van der Waals surface area contributed by atoms with E-state index in [0.717, 1.165) is 38.7 Å². The van der Waals surface area contributed by atoms with Gasteiger partial charge in [-0.05, 0) is 69.6 Å². The number of hydrogen-bond donors (Lipinski definition) is 3. The van der Waals surface area contributed by atoms with E-state index in [1.807, 2.05) is 50.2 Å². The van der Waals surface area contributed by atoms with Crippen LogP contribution in [0.1, 0.15) is 63.7 Å². The fourth-order valence-corrected chi connectivity index (χ4v) is 7.21. The molecule has 5 rings (SSSR count). The Bertz CT molecular complexity index is 1830. The van der Waals surface area contributed by atoms with Gasteiger partial charge in [0.15, 0.2) is 0 Å². The Morgan fingerprint density at radius 3 is 2.48 bits per heavy atom. The van der Waals surface area contributed by atoms with E-state index in [-0.39, 0.29) is 24.0 Å². The van der Waals surface area contributed by atoms with Crippen LogP contribution in [-0.2, 0) is 9.53 Å². The van der Waals surface area contributed by atoms with Gasteiger partial charge in [0.2, 0.25) is 5.91 Å². The van der Waals surface area contributed by atoms with Gasteiger partial charge in [-0.15, -0.1) is 11.3 Å². The molecule has 4 N–H and O–H groups in total. The summed E-state index contributed by atoms with van der Waals surface area (Å²) in [5.74, 6) is 5.88. The molecule has 2 aliphatic heterocycles. The number of carbonyl (C=O) groups excluding carboxylic acids is 2. The third-order valence-electron chi connectivity index (χ3n) is 8.60. The van der Waals surface area contributed by atoms with Gasteiger partial charge in [0.25, 0.3) is 0 Å². The fraction of sp³-hybridized carbons (Fsp3) is 0.361. The summed E-state index contributed by atoms with van der Waals surface area (Å²) in [4.78, 5) is 38.1. The van der Waals surface area contributed by atoms with Crippen LogP contribution in [0.4, 0.5) is 10.7 Å². The summed E-state index contributed by atoms with van der Waals surface area (Å²) in [6.45, 7) is 8.35. The number of anilines is 2. The maximum absolute atomic E-state index is 13.8. The van der Waals surface area contributed by atoms with Gasteiger partial charge in [0, 0.05) is 64.9 Å². The molecule has 12 heteroatoms. The highest BCUT2D eigenvalue weighted by Gasteiger charge is 2.36. The molecule has 0 unspecified atom stereocenters. The zero-order valence-electron chi connectivity index (χ0n) is 27.7. The largest absolute Gasteiger partial charge is 0.465 e. The number of hydrogen-bond acceptors (Lipinski definition) is 9. The number of benzene rings is 2. The number of aliphatic imine (C=N–C) groups is 1. The molecular weight excluding hydrogens is 646 g/mol. The minimum absolute atomic E-state index is 0.00329. The first-order valence-electron chi connectivity index (χ1n) is 15.9. The van der Waals surface area contributed by atoms with Gasteiger partial charge < -0.3 is 20.3 Å². The van der Waals surface area contributed by atoms with Gasteiger partial charge in [-0.2, -0.15) is 0 Å². The quantitative estimate of drug-likeness (QED) is 0.0968. The number of amidine groups is 2. The second-order valence-corrected chi connectivity index (χ2v) is 13.4. The van der Waals surface area contributed by atoms with Gasteiger partial charge in [-0.1, -0.05) is 35.6 Å². The average molecular weight is 686 g/mol. The number of nitrogens with one attached hydrogen (secondary N) is 2. The number of piperazine rings is 1. The summed E-state index contributed by atoms with van der Waals surface area (Å²) in [5, 5.41) is 19.2. The molecule has 1 atom stereocenters. The lowest BCUT2D eigenvalue weighted by atomic mass is 9.99. The summed E-state index contributed by atoms with van der Waals surface area (Å²) in [6, 6.07) is 12.2. The van der Waals surface area contributed by atoms with Crippen LogP contribution in [0.25, 0.3) is 0 Å². The Hall–Kier alpha value is -4.50. The molecule has 10 nitrogen and oxygen atoms in total. The molecule has 1 fully saturated rings. The van der Waals surface area contributed by atoms with E-state index in [2.05, 4.69) is 16.7 Å². The molecule has 2 aromatic carbocycles. The summed E-state index contributed by atoms with van der Waals surface area (Å²) in [6.07, 6.45) is 1.43. The van der Waals surface area contributed by atoms with E-state index >= 15 is 0 Å². The highest BCUT2D eigenvalue weighted by molar-refractivity contribution is 7.17. The Kier molecular flexibility index (Phi) is 11.0. The predicted molar refractivity (Wildman–Crippen MR) is 195 cm³/mol. The highest BCUT2D eigenvalue weighted by Crippen LogP contribution is 2.40. The summed E-state index contributed by atoms with van der Waals surface area (Å²) < 4.78 is 5.03. The van der Waals surface area contributed by atoms with Crippen LogP contribution in [0.3, 0.4) is 0 Å². The van der Waals surface area contributed by atoms with Gasteiger partial charge in [0.05, 0.1) is 24.8 Å². The zero-order chi connectivity index (χ0) is 34.5. The van der Waals surface area contributed by atoms with Gasteiger partial charge in [-0.25, -0.2) is 4.79 Å². The molecule has 1 amide bonds. The van der Waals surface area contributed by atoms with Crippen LogP contribution >= 0.6 is 22.9 Å². The minimum Gasteiger partial charge on any atom is -0.465 e. The molecule has 2 aliphatic rings. The molecule has 0 radical (unpaired) electrons. The summed E-state index contributed by atoms with van der Waals surface area (Å²) in [5.41, 5.74) is 10.9. The van der Waals surface area contributed by atoms with Crippen molar-refractivity contribution < 1.29 is 14.3 Å². The van der Waals surface area contributed by atoms with Crippen molar-refractivity contribution in [2.75, 3.05) is 49.6 Å². The molecule has 1 saturated heterocycles. The number of amides is 1. The molecule has 250 valence electrons. The van der Waals surface area contributed by atoms with Crippen molar-refractivity contribution in [3.8, 4) is 11.8 Å². The number of halogens is 1. The van der Waals surface area contributed by atoms with E-state index in [1.54, 1.807) is 22.8 Å². The first-order valence-corrected chi connectivity index (χ1v) is 17.0. The second kappa shape index (κ2) is 15.2. The van der Waals surface area contributed by atoms with Crippen molar-refractivity contribution in [1.29, 1.82) is 10.8 Å². The predicted octanol–water partition coefficient (Wildman–Crippen LogP) is 5.63. The van der Waals surface area contributed by atoms with Crippen molar-refractivity contribution >= 4 is 62.9 Å². The van der Waals surface area contributed by atoms with Crippen molar-refractivity contribution in [1.82, 2.24) is 4.90 Å². The number of rotatable bonds is 7. The van der Waals surface area contributed by atoms with Crippen molar-refractivity contribution in [2.45, 2.75) is 46.1 Å². The second-order valence-electron chi connectivity index (χ2n) is 11.8. The Balaban J connectivity index is 1.36. The van der Waals surface area contributed by atoms with Crippen molar-refractivity contribution in [3.63, 3.8) is 0 Å². The number of fused-ring (bicyclic) bond motifs is 1. The number of esters is 1. The number of nitrogens with two attached hydrogens (primary N) is 1. The first-order chi connectivity index (χ1) is 23.0. The molecule has 1 aromatic heterocycles. The number of unbranched alkanes of at least 4 members (excludes halogenated alkanes) is 1. The lowest BCUT2D eigenvalue weighted by Gasteiger charge is -2.37. The van der Waals surface area contributed by atoms with E-state index < -0.39 is 12.0 Å². The molecular formula is C36H40ClN7O3S. The van der Waals surface area contributed by atoms with Crippen LogP contribution in [-0.4, -0.2) is 80.0 Å². The van der Waals surface area contributed by atoms with Crippen LogP contribution < -0.4 is 15.5 Å². The number of nitrogens with zero attached hydrogens (tertiary/aromatic N) is 4. The topological polar surface area (TPSA) is 139 Å². The Morgan fingerprint density at radius 1 is 1.12 bits per heavy atom. The fourth-order valence-electron chi connectivity index (χ4n) is 5.86. The molecule has 3 aromatic rings. The number of aryl methyl sites for hydroxylation is 1. The molecule has 0 spiro atoms. The van der Waals surface area contributed by atoms with Crippen LogP contribution in [0.15, 0.2) is 47.5 Å². The lowest BCUT2D eigenvalue weighted by Crippen LogP contribution is -2.50. The Morgan fingerprint density at radius 2 is 1.83 bits per heavy atom. The standard InChI is InChI=1S/C36H40ClN7O3S/c1-22-23(2)48-35-32(22)33(26-9-12-27(37)13-10-26)41-30(34(40)44(35)24(3)39)21-31(45)43-18-16-42(17-19-43)28-14-11-25(8-6-5-7-15-38)29(20-28)36(46)47-4/h9-14,20,30,39-40H,5,7,15-19,21,38H2,1-4H3/t30-/m0/s1. The molecule has 48 heavy (non-hydrogen) atoms. The number of ether oxygens (including phenoxy) is 1. The van der Waals surface area contributed by atoms with E-state index in [4.69, 9.17) is 32.5 Å². The third kappa shape index (κ3) is 7.31. The SMILES string of the molecule is COC(=O)c1cc(N2CCN(C(=O)C[C@@H]3N=C(c4ccc(Cl)cc4)c4c(sc(C)c4C)N(C(C)=N)C3=N)CC2)ccc1C#CCCCN. The number of thiophene rings is 1. The number of carbonyl (C=O) groups is 2. The average Bonchev–Trinajstić information content (AvgIpc) is 3.30. The number of methoxy groups -OCH3 is 1. The van der Waals surface area contributed by atoms with Gasteiger partial charge in [-0.3, -0.25) is 25.5 Å². The van der Waals surface area contributed by atoms with Crippen molar-refractivity contribution in [2.24, 2.45) is 10.7 Å². The molecule has 0 bridgehead atoms. The summed E-state index contributed by atoms with van der Waals surface area (Å²) >= 11 is 7.74. The Labute approximate surface area is 290 Å². The normalized spacial score (nSPS) is 16.0. The van der Waals surface area contributed by atoms with Crippen LogP contribution in [0.2, 0.25) is 5.02 Å². The molecule has 3 heterocycles. The van der Waals surface area contributed by atoms with Gasteiger partial charge >= 0.3 is 5.97 Å². The lowest BCUT2D eigenvalue weighted by molar-refractivity contribution is -0.131. The monoisotopic (exact) mass is 685 g/mol. The molecule has 0 aliphatic carbocycles.